The molecule has 1 fully saturated rings. The molecule has 0 amide bonds. The first kappa shape index (κ1) is 18.9. The van der Waals surface area contributed by atoms with E-state index < -0.39 is 0 Å². The van der Waals surface area contributed by atoms with Gasteiger partial charge in [0.15, 0.2) is 5.82 Å². The van der Waals surface area contributed by atoms with E-state index in [2.05, 4.69) is 10.2 Å². The van der Waals surface area contributed by atoms with Crippen molar-refractivity contribution in [1.29, 1.82) is 0 Å². The van der Waals surface area contributed by atoms with Crippen molar-refractivity contribution in [2.24, 2.45) is 0 Å². The molecule has 148 valence electrons. The van der Waals surface area contributed by atoms with Crippen LogP contribution in [0.3, 0.4) is 0 Å². The number of ether oxygens (including phenoxy) is 2. The Balaban J connectivity index is 1.69. The lowest BCUT2D eigenvalue weighted by molar-refractivity contribution is 0.0601. The molecule has 0 spiro atoms. The highest BCUT2D eigenvalue weighted by Gasteiger charge is 2.16. The van der Waals surface area contributed by atoms with Crippen LogP contribution in [-0.2, 0) is 9.47 Å². The van der Waals surface area contributed by atoms with Crippen LogP contribution in [0.25, 0.3) is 11.4 Å². The van der Waals surface area contributed by atoms with E-state index in [1.165, 1.54) is 7.11 Å². The van der Waals surface area contributed by atoms with Gasteiger partial charge in [-0.15, -0.1) is 0 Å². The van der Waals surface area contributed by atoms with Gasteiger partial charge >= 0.3 is 5.97 Å². The average molecular weight is 390 g/mol. The van der Waals surface area contributed by atoms with Gasteiger partial charge in [0.2, 0.25) is 0 Å². The fourth-order valence-corrected chi connectivity index (χ4v) is 3.16. The maximum atomic E-state index is 11.8. The van der Waals surface area contributed by atoms with E-state index in [0.29, 0.717) is 30.4 Å². The largest absolute Gasteiger partial charge is 0.465 e. The van der Waals surface area contributed by atoms with Gasteiger partial charge in [-0.2, -0.15) is 0 Å². The molecule has 0 aliphatic carbocycles. The van der Waals surface area contributed by atoms with Gasteiger partial charge in [-0.3, -0.25) is 0 Å². The van der Waals surface area contributed by atoms with Crippen molar-refractivity contribution >= 4 is 23.3 Å². The number of carbonyl (C=O) groups excluding carboxylic acids is 1. The molecule has 0 unspecified atom stereocenters. The summed E-state index contributed by atoms with van der Waals surface area (Å²) in [6, 6.07) is 18.9. The molecular weight excluding hydrogens is 368 g/mol. The summed E-state index contributed by atoms with van der Waals surface area (Å²) in [4.78, 5) is 23.5. The van der Waals surface area contributed by atoms with Crippen molar-refractivity contribution in [3.63, 3.8) is 0 Å². The number of hydrogen-bond donors (Lipinski definition) is 1. The third kappa shape index (κ3) is 4.52. The van der Waals surface area contributed by atoms with Gasteiger partial charge in [-0.05, 0) is 18.2 Å². The first-order valence-electron chi connectivity index (χ1n) is 9.45. The second-order valence-electron chi connectivity index (χ2n) is 6.60. The van der Waals surface area contributed by atoms with Gasteiger partial charge in [0, 0.05) is 30.4 Å². The molecule has 1 aromatic heterocycles. The summed E-state index contributed by atoms with van der Waals surface area (Å²) in [6.07, 6.45) is 0. The summed E-state index contributed by atoms with van der Waals surface area (Å²) in [6.45, 7) is 2.91. The van der Waals surface area contributed by atoms with E-state index in [-0.39, 0.29) is 5.97 Å². The van der Waals surface area contributed by atoms with E-state index in [0.717, 1.165) is 30.2 Å². The summed E-state index contributed by atoms with van der Waals surface area (Å²) in [5, 5.41) is 3.30. The Morgan fingerprint density at radius 3 is 2.59 bits per heavy atom. The third-order valence-corrected chi connectivity index (χ3v) is 4.64. The molecule has 2 heterocycles. The summed E-state index contributed by atoms with van der Waals surface area (Å²) in [5.41, 5.74) is 2.16. The predicted molar refractivity (Wildman–Crippen MR) is 112 cm³/mol. The molecule has 0 radical (unpaired) electrons. The molecule has 1 aliphatic heterocycles. The monoisotopic (exact) mass is 390 g/mol. The molecule has 0 bridgehead atoms. The molecule has 1 N–H and O–H groups in total. The summed E-state index contributed by atoms with van der Waals surface area (Å²) >= 11 is 0. The van der Waals surface area contributed by atoms with E-state index in [1.807, 2.05) is 42.5 Å². The van der Waals surface area contributed by atoms with Gasteiger partial charge in [0.25, 0.3) is 0 Å². The second kappa shape index (κ2) is 8.70. The van der Waals surface area contributed by atoms with Crippen molar-refractivity contribution < 1.29 is 14.3 Å². The molecule has 0 atom stereocenters. The molecule has 1 aliphatic rings. The van der Waals surface area contributed by atoms with Crippen LogP contribution in [0.15, 0.2) is 60.7 Å². The number of benzene rings is 2. The maximum Gasteiger partial charge on any atom is 0.337 e. The number of hydrogen-bond acceptors (Lipinski definition) is 7. The number of methoxy groups -OCH3 is 1. The molecule has 7 nitrogen and oxygen atoms in total. The lowest BCUT2D eigenvalue weighted by Crippen LogP contribution is -2.36. The van der Waals surface area contributed by atoms with Crippen LogP contribution in [-0.4, -0.2) is 49.4 Å². The summed E-state index contributed by atoms with van der Waals surface area (Å²) in [7, 11) is 1.37. The van der Waals surface area contributed by atoms with Crippen LogP contribution < -0.4 is 10.2 Å². The van der Waals surface area contributed by atoms with Crippen LogP contribution in [0.4, 0.5) is 17.3 Å². The third-order valence-electron chi connectivity index (χ3n) is 4.64. The fourth-order valence-electron chi connectivity index (χ4n) is 3.16. The molecule has 2 aromatic carbocycles. The highest BCUT2D eigenvalue weighted by molar-refractivity contribution is 5.90. The number of esters is 1. The Hall–Kier alpha value is -3.45. The Morgan fingerprint density at radius 2 is 1.83 bits per heavy atom. The van der Waals surface area contributed by atoms with E-state index in [4.69, 9.17) is 19.4 Å². The number of rotatable bonds is 5. The summed E-state index contributed by atoms with van der Waals surface area (Å²) < 4.78 is 10.3. The molecule has 1 saturated heterocycles. The molecule has 7 heteroatoms. The summed E-state index contributed by atoms with van der Waals surface area (Å²) in [5.74, 6) is 1.76. The van der Waals surface area contributed by atoms with E-state index in [9.17, 15) is 4.79 Å². The van der Waals surface area contributed by atoms with Crippen LogP contribution in [0.2, 0.25) is 0 Å². The number of nitrogens with one attached hydrogen (secondary N) is 1. The number of nitrogens with zero attached hydrogens (tertiary/aromatic N) is 3. The fraction of sp³-hybridized carbons (Fsp3) is 0.227. The highest BCUT2D eigenvalue weighted by atomic mass is 16.5. The van der Waals surface area contributed by atoms with Gasteiger partial charge in [-0.1, -0.05) is 36.4 Å². The van der Waals surface area contributed by atoms with Gasteiger partial charge in [-0.25, -0.2) is 14.8 Å². The van der Waals surface area contributed by atoms with Gasteiger partial charge in [0.05, 0.1) is 25.9 Å². The standard InChI is InChI=1S/C22H22N4O3/c1-28-22(27)17-8-5-9-18(14-17)23-19-15-20(26-10-12-29-13-11-26)25-21(24-19)16-6-3-2-4-7-16/h2-9,14-15H,10-13H2,1H3,(H,23,24,25). The molecule has 0 saturated carbocycles. The van der Waals surface area contributed by atoms with E-state index in [1.54, 1.807) is 18.2 Å². The van der Waals surface area contributed by atoms with Gasteiger partial charge in [0.1, 0.15) is 11.6 Å². The van der Waals surface area contributed by atoms with Crippen LogP contribution in [0, 0.1) is 0 Å². The number of morpholine rings is 1. The Labute approximate surface area is 169 Å². The zero-order chi connectivity index (χ0) is 20.1. The van der Waals surface area contributed by atoms with Crippen LogP contribution in [0.5, 0.6) is 0 Å². The van der Waals surface area contributed by atoms with Crippen LogP contribution in [0.1, 0.15) is 10.4 Å². The minimum Gasteiger partial charge on any atom is -0.465 e. The minimum atomic E-state index is -0.379. The maximum absolute atomic E-state index is 11.8. The quantitative estimate of drug-likeness (QED) is 0.668. The zero-order valence-corrected chi connectivity index (χ0v) is 16.2. The van der Waals surface area contributed by atoms with Crippen molar-refractivity contribution in [3.8, 4) is 11.4 Å². The number of carbonyl (C=O) groups is 1. The van der Waals surface area contributed by atoms with Crippen LogP contribution >= 0.6 is 0 Å². The predicted octanol–water partition coefficient (Wildman–Crippen LogP) is 3.51. The topological polar surface area (TPSA) is 76.6 Å². The first-order valence-corrected chi connectivity index (χ1v) is 9.45. The van der Waals surface area contributed by atoms with E-state index >= 15 is 0 Å². The lowest BCUT2D eigenvalue weighted by Gasteiger charge is -2.28. The van der Waals surface area contributed by atoms with Crippen molar-refractivity contribution in [2.75, 3.05) is 43.6 Å². The normalized spacial score (nSPS) is 13.8. The van der Waals surface area contributed by atoms with Crippen molar-refractivity contribution in [3.05, 3.63) is 66.2 Å². The molecule has 3 aromatic rings. The Kier molecular flexibility index (Phi) is 5.67. The van der Waals surface area contributed by atoms with Crippen molar-refractivity contribution in [1.82, 2.24) is 9.97 Å². The smallest absolute Gasteiger partial charge is 0.337 e. The lowest BCUT2D eigenvalue weighted by atomic mass is 10.2. The number of aromatic nitrogens is 2. The Morgan fingerprint density at radius 1 is 1.03 bits per heavy atom. The minimum absolute atomic E-state index is 0.379. The number of anilines is 3. The first-order chi connectivity index (χ1) is 14.2. The SMILES string of the molecule is COC(=O)c1cccc(Nc2cc(N3CCOCC3)nc(-c3ccccc3)n2)c1. The van der Waals surface area contributed by atoms with Crippen molar-refractivity contribution in [2.45, 2.75) is 0 Å². The molecule has 29 heavy (non-hydrogen) atoms. The highest BCUT2D eigenvalue weighted by Crippen LogP contribution is 2.25. The van der Waals surface area contributed by atoms with Gasteiger partial charge < -0.3 is 19.7 Å². The average Bonchev–Trinajstić information content (AvgIpc) is 2.79. The zero-order valence-electron chi connectivity index (χ0n) is 16.2. The Bertz CT molecular complexity index is 988. The second-order valence-corrected chi connectivity index (χ2v) is 6.60. The molecular formula is C22H22N4O3. The molecule has 4 rings (SSSR count).